The summed E-state index contributed by atoms with van der Waals surface area (Å²) in [5.41, 5.74) is 7.35. The smallest absolute Gasteiger partial charge is 0.120 e. The molecule has 0 fully saturated rings. The van der Waals surface area contributed by atoms with E-state index < -0.39 is 0 Å². The fourth-order valence-electron chi connectivity index (χ4n) is 1.79. The molecular weight excluding hydrogens is 240 g/mol. The third-order valence-electron chi connectivity index (χ3n) is 2.63. The minimum absolute atomic E-state index is 0.162. The molecule has 0 atom stereocenters. The van der Waals surface area contributed by atoms with E-state index in [0.29, 0.717) is 6.54 Å². The van der Waals surface area contributed by atoms with Gasteiger partial charge in [0.1, 0.15) is 11.4 Å². The molecule has 102 valence electrons. The van der Waals surface area contributed by atoms with Crippen molar-refractivity contribution in [1.29, 1.82) is 0 Å². The summed E-state index contributed by atoms with van der Waals surface area (Å²) >= 11 is 0. The van der Waals surface area contributed by atoms with Crippen LogP contribution < -0.4 is 10.5 Å². The van der Waals surface area contributed by atoms with Gasteiger partial charge in [-0.3, -0.25) is 4.68 Å². The molecule has 0 unspecified atom stereocenters. The van der Waals surface area contributed by atoms with E-state index in [2.05, 4.69) is 10.3 Å². The minimum atomic E-state index is 0.162. The predicted molar refractivity (Wildman–Crippen MR) is 74.9 cm³/mol. The van der Waals surface area contributed by atoms with Crippen molar-refractivity contribution in [1.82, 2.24) is 15.0 Å². The SMILES string of the molecule is CC(C)Oc1cccc(-c2cn(CCCN)nn2)c1. The molecule has 0 bridgehead atoms. The van der Waals surface area contributed by atoms with E-state index in [9.17, 15) is 0 Å². The Balaban J connectivity index is 2.14. The molecular formula is C14H20N4O. The lowest BCUT2D eigenvalue weighted by atomic mass is 10.1. The molecule has 2 rings (SSSR count). The normalized spacial score (nSPS) is 10.9. The highest BCUT2D eigenvalue weighted by Gasteiger charge is 2.06. The van der Waals surface area contributed by atoms with Crippen LogP contribution in [0.25, 0.3) is 11.3 Å². The molecule has 5 heteroatoms. The highest BCUT2D eigenvalue weighted by Crippen LogP contribution is 2.22. The van der Waals surface area contributed by atoms with Gasteiger partial charge in [-0.25, -0.2) is 0 Å². The van der Waals surface area contributed by atoms with Gasteiger partial charge in [0.25, 0.3) is 0 Å². The summed E-state index contributed by atoms with van der Waals surface area (Å²) in [7, 11) is 0. The standard InChI is InChI=1S/C14H20N4O/c1-11(2)19-13-6-3-5-12(9-13)14-10-18(17-16-14)8-4-7-15/h3,5-6,9-11H,4,7-8,15H2,1-2H3. The first-order valence-electron chi connectivity index (χ1n) is 6.56. The number of hydrogen-bond donors (Lipinski definition) is 1. The third kappa shape index (κ3) is 3.79. The number of rotatable bonds is 6. The van der Waals surface area contributed by atoms with Crippen molar-refractivity contribution >= 4 is 0 Å². The number of nitrogens with two attached hydrogens (primary N) is 1. The number of benzene rings is 1. The van der Waals surface area contributed by atoms with E-state index in [-0.39, 0.29) is 6.10 Å². The lowest BCUT2D eigenvalue weighted by Crippen LogP contribution is -2.06. The molecule has 0 spiro atoms. The first-order chi connectivity index (χ1) is 9.19. The maximum Gasteiger partial charge on any atom is 0.120 e. The average molecular weight is 260 g/mol. The lowest BCUT2D eigenvalue weighted by Gasteiger charge is -2.09. The van der Waals surface area contributed by atoms with Crippen molar-refractivity contribution in [2.24, 2.45) is 5.73 Å². The molecule has 1 aromatic carbocycles. The van der Waals surface area contributed by atoms with Crippen LogP contribution in [0, 0.1) is 0 Å². The van der Waals surface area contributed by atoms with Crippen LogP contribution in [0.4, 0.5) is 0 Å². The molecule has 0 aliphatic heterocycles. The summed E-state index contributed by atoms with van der Waals surface area (Å²) < 4.78 is 7.49. The number of nitrogens with zero attached hydrogens (tertiary/aromatic N) is 3. The maximum atomic E-state index is 5.68. The molecule has 19 heavy (non-hydrogen) atoms. The molecule has 0 aliphatic rings. The number of aromatic nitrogens is 3. The maximum absolute atomic E-state index is 5.68. The van der Waals surface area contributed by atoms with Crippen LogP contribution >= 0.6 is 0 Å². The Morgan fingerprint density at radius 1 is 1.37 bits per heavy atom. The monoisotopic (exact) mass is 260 g/mol. The van der Waals surface area contributed by atoms with Crippen LogP contribution in [0.5, 0.6) is 5.75 Å². The Morgan fingerprint density at radius 2 is 2.21 bits per heavy atom. The van der Waals surface area contributed by atoms with Crippen LogP contribution in [0.3, 0.4) is 0 Å². The van der Waals surface area contributed by atoms with Crippen molar-refractivity contribution in [3.05, 3.63) is 30.5 Å². The molecule has 0 aliphatic carbocycles. The zero-order valence-electron chi connectivity index (χ0n) is 11.4. The summed E-state index contributed by atoms with van der Waals surface area (Å²) in [6, 6.07) is 7.90. The van der Waals surface area contributed by atoms with Crippen molar-refractivity contribution in [2.45, 2.75) is 32.9 Å². The first-order valence-corrected chi connectivity index (χ1v) is 6.56. The second-order valence-electron chi connectivity index (χ2n) is 4.70. The Kier molecular flexibility index (Phi) is 4.52. The van der Waals surface area contributed by atoms with Gasteiger partial charge in [-0.1, -0.05) is 17.3 Å². The highest BCUT2D eigenvalue weighted by atomic mass is 16.5. The van der Waals surface area contributed by atoms with Crippen LogP contribution in [0.1, 0.15) is 20.3 Å². The van der Waals surface area contributed by atoms with E-state index in [1.54, 1.807) is 0 Å². The Hall–Kier alpha value is -1.88. The van der Waals surface area contributed by atoms with Gasteiger partial charge in [0.2, 0.25) is 0 Å². The lowest BCUT2D eigenvalue weighted by molar-refractivity contribution is 0.242. The van der Waals surface area contributed by atoms with Gasteiger partial charge < -0.3 is 10.5 Å². The number of ether oxygens (including phenoxy) is 1. The van der Waals surface area contributed by atoms with Gasteiger partial charge in [0.05, 0.1) is 12.3 Å². The number of hydrogen-bond acceptors (Lipinski definition) is 4. The topological polar surface area (TPSA) is 66.0 Å². The van der Waals surface area contributed by atoms with Gasteiger partial charge >= 0.3 is 0 Å². The van der Waals surface area contributed by atoms with Crippen molar-refractivity contribution in [3.8, 4) is 17.0 Å². The molecule has 0 radical (unpaired) electrons. The Labute approximate surface area is 113 Å². The van der Waals surface area contributed by atoms with Crippen molar-refractivity contribution in [2.75, 3.05) is 6.54 Å². The fourth-order valence-corrected chi connectivity index (χ4v) is 1.79. The summed E-state index contributed by atoms with van der Waals surface area (Å²) in [6.07, 6.45) is 3.00. The summed E-state index contributed by atoms with van der Waals surface area (Å²) in [6.45, 7) is 5.48. The van der Waals surface area contributed by atoms with Crippen LogP contribution in [0.15, 0.2) is 30.5 Å². The molecule has 1 aromatic heterocycles. The molecule has 0 saturated heterocycles. The molecule has 2 aromatic rings. The summed E-state index contributed by atoms with van der Waals surface area (Å²) in [5, 5.41) is 8.27. The van der Waals surface area contributed by atoms with Crippen LogP contribution in [0.2, 0.25) is 0 Å². The second kappa shape index (κ2) is 6.33. The molecule has 2 N–H and O–H groups in total. The number of aryl methyl sites for hydroxylation is 1. The molecule has 0 saturated carbocycles. The van der Waals surface area contributed by atoms with Crippen molar-refractivity contribution < 1.29 is 4.74 Å². The Morgan fingerprint density at radius 3 is 2.95 bits per heavy atom. The molecule has 1 heterocycles. The van der Waals surface area contributed by atoms with Crippen LogP contribution in [-0.2, 0) is 6.54 Å². The molecule has 0 amide bonds. The van der Waals surface area contributed by atoms with Crippen LogP contribution in [-0.4, -0.2) is 27.6 Å². The average Bonchev–Trinajstić information content (AvgIpc) is 2.84. The van der Waals surface area contributed by atoms with Gasteiger partial charge in [0, 0.05) is 12.1 Å². The quantitative estimate of drug-likeness (QED) is 0.863. The van der Waals surface area contributed by atoms with E-state index in [4.69, 9.17) is 10.5 Å². The molecule has 5 nitrogen and oxygen atoms in total. The fraction of sp³-hybridized carbons (Fsp3) is 0.429. The zero-order chi connectivity index (χ0) is 13.7. The van der Waals surface area contributed by atoms with E-state index in [1.165, 1.54) is 0 Å². The van der Waals surface area contributed by atoms with Gasteiger partial charge in [-0.05, 0) is 38.9 Å². The van der Waals surface area contributed by atoms with Gasteiger partial charge in [-0.2, -0.15) is 0 Å². The zero-order valence-corrected chi connectivity index (χ0v) is 11.4. The van der Waals surface area contributed by atoms with Gasteiger partial charge in [0.15, 0.2) is 0 Å². The Bertz CT molecular complexity index is 522. The first kappa shape index (κ1) is 13.5. The van der Waals surface area contributed by atoms with Gasteiger partial charge in [-0.15, -0.1) is 5.10 Å². The van der Waals surface area contributed by atoms with E-state index >= 15 is 0 Å². The van der Waals surface area contributed by atoms with E-state index in [1.807, 2.05) is 49.0 Å². The summed E-state index contributed by atoms with van der Waals surface area (Å²) in [4.78, 5) is 0. The predicted octanol–water partition coefficient (Wildman–Crippen LogP) is 2.08. The summed E-state index contributed by atoms with van der Waals surface area (Å²) in [5.74, 6) is 0.851. The largest absolute Gasteiger partial charge is 0.491 e. The third-order valence-corrected chi connectivity index (χ3v) is 2.63. The van der Waals surface area contributed by atoms with Crippen molar-refractivity contribution in [3.63, 3.8) is 0 Å². The highest BCUT2D eigenvalue weighted by molar-refractivity contribution is 5.59. The van der Waals surface area contributed by atoms with E-state index in [0.717, 1.165) is 30.0 Å². The minimum Gasteiger partial charge on any atom is -0.491 e. The second-order valence-corrected chi connectivity index (χ2v) is 4.70.